The van der Waals surface area contributed by atoms with Crippen LogP contribution in [0.3, 0.4) is 0 Å². The van der Waals surface area contributed by atoms with Crippen LogP contribution in [-0.4, -0.2) is 42.0 Å². The Hall–Kier alpha value is -1.08. The molecule has 20 heavy (non-hydrogen) atoms. The van der Waals surface area contributed by atoms with Gasteiger partial charge < -0.3 is 21.1 Å². The van der Waals surface area contributed by atoms with Crippen LogP contribution in [0.15, 0.2) is 23.1 Å². The number of aliphatic hydroxyl groups excluding tert-OH is 1. The fraction of sp³-hybridized carbons (Fsp3) is 0.500. The molecule has 4 N–H and O–H groups in total. The minimum Gasteiger partial charge on any atom is -0.390 e. The van der Waals surface area contributed by atoms with Crippen molar-refractivity contribution in [3.05, 3.63) is 23.8 Å². The molecular weight excluding hydrogens is 274 g/mol. The largest absolute Gasteiger partial charge is 0.390 e. The third-order valence-corrected chi connectivity index (χ3v) is 4.77. The number of β-amino-alcohol motifs (C(OH)–C–C–N with tert-alkyl or cyclic N) is 1. The summed E-state index contributed by atoms with van der Waals surface area (Å²) >= 11 is 1.57. The van der Waals surface area contributed by atoms with Crippen LogP contribution in [0.2, 0.25) is 0 Å². The molecule has 1 saturated heterocycles. The molecule has 0 saturated carbocycles. The molecule has 6 heteroatoms. The van der Waals surface area contributed by atoms with E-state index in [1.54, 1.807) is 11.8 Å². The van der Waals surface area contributed by atoms with Gasteiger partial charge in [-0.15, -0.1) is 11.8 Å². The van der Waals surface area contributed by atoms with Crippen molar-refractivity contribution in [1.29, 1.82) is 0 Å². The molecular formula is C14H19N3O2S. The number of hydrogen-bond donors (Lipinski definition) is 4. The molecule has 108 valence electrons. The second-order valence-electron chi connectivity index (χ2n) is 5.21. The maximum Gasteiger partial charge on any atom is 0.234 e. The number of thioether (sulfide) groups is 1. The molecule has 2 atom stereocenters. The number of hydrogen-bond acceptors (Lipinski definition) is 5. The van der Waals surface area contributed by atoms with Crippen LogP contribution in [0.25, 0.3) is 0 Å². The van der Waals surface area contributed by atoms with Crippen LogP contribution in [0.4, 0.5) is 5.69 Å². The van der Waals surface area contributed by atoms with Gasteiger partial charge in [-0.25, -0.2) is 0 Å². The first-order chi connectivity index (χ1) is 9.72. The number of piperidine rings is 1. The van der Waals surface area contributed by atoms with Gasteiger partial charge in [-0.3, -0.25) is 4.79 Å². The van der Waals surface area contributed by atoms with Crippen LogP contribution in [0.1, 0.15) is 12.0 Å². The number of carbonyl (C=O) groups excluding carboxylic acids is 1. The van der Waals surface area contributed by atoms with Gasteiger partial charge in [0.15, 0.2) is 0 Å². The first kappa shape index (κ1) is 13.9. The van der Waals surface area contributed by atoms with Crippen molar-refractivity contribution in [3.63, 3.8) is 0 Å². The van der Waals surface area contributed by atoms with Gasteiger partial charge in [-0.2, -0.15) is 0 Å². The molecule has 5 nitrogen and oxygen atoms in total. The molecule has 0 unspecified atom stereocenters. The molecule has 1 aromatic carbocycles. The van der Waals surface area contributed by atoms with Crippen LogP contribution in [-0.2, 0) is 11.3 Å². The maximum atomic E-state index is 11.4. The second kappa shape index (κ2) is 6.13. The average Bonchev–Trinajstić information content (AvgIpc) is 2.46. The normalized spacial score (nSPS) is 25.9. The summed E-state index contributed by atoms with van der Waals surface area (Å²) in [7, 11) is 0. The lowest BCUT2D eigenvalue weighted by Crippen LogP contribution is -2.50. The van der Waals surface area contributed by atoms with E-state index in [1.807, 2.05) is 6.07 Å². The third-order valence-electron chi connectivity index (χ3n) is 3.70. The van der Waals surface area contributed by atoms with Crippen LogP contribution < -0.4 is 16.0 Å². The second-order valence-corrected chi connectivity index (χ2v) is 6.23. The highest BCUT2D eigenvalue weighted by Crippen LogP contribution is 2.31. The van der Waals surface area contributed by atoms with Gasteiger partial charge in [0.05, 0.1) is 17.5 Å². The lowest BCUT2D eigenvalue weighted by molar-refractivity contribution is -0.113. The summed E-state index contributed by atoms with van der Waals surface area (Å²) in [6, 6.07) is 6.27. The number of anilines is 1. The fourth-order valence-electron chi connectivity index (χ4n) is 2.57. The maximum absolute atomic E-state index is 11.4. The van der Waals surface area contributed by atoms with Gasteiger partial charge in [0, 0.05) is 24.0 Å². The Labute approximate surface area is 122 Å². The van der Waals surface area contributed by atoms with Crippen molar-refractivity contribution < 1.29 is 9.90 Å². The van der Waals surface area contributed by atoms with Crippen molar-refractivity contribution >= 4 is 23.4 Å². The summed E-state index contributed by atoms with van der Waals surface area (Å²) in [5.41, 5.74) is 2.02. The van der Waals surface area contributed by atoms with E-state index >= 15 is 0 Å². The molecule has 0 bridgehead atoms. The van der Waals surface area contributed by atoms with Crippen molar-refractivity contribution in [2.75, 3.05) is 24.2 Å². The molecule has 0 aliphatic carbocycles. The zero-order valence-corrected chi connectivity index (χ0v) is 12.0. The number of nitrogens with one attached hydrogen (secondary N) is 3. The van der Waals surface area contributed by atoms with E-state index < -0.39 is 0 Å². The summed E-state index contributed by atoms with van der Waals surface area (Å²) in [4.78, 5) is 12.5. The molecule has 1 fully saturated rings. The first-order valence-electron chi connectivity index (χ1n) is 6.90. The van der Waals surface area contributed by atoms with Gasteiger partial charge in [0.1, 0.15) is 0 Å². The summed E-state index contributed by atoms with van der Waals surface area (Å²) in [6.07, 6.45) is 0.593. The zero-order valence-electron chi connectivity index (χ0n) is 11.2. The molecule has 0 aromatic heterocycles. The van der Waals surface area contributed by atoms with E-state index in [2.05, 4.69) is 28.1 Å². The Bertz CT molecular complexity index is 509. The van der Waals surface area contributed by atoms with Crippen molar-refractivity contribution in [2.45, 2.75) is 30.0 Å². The van der Waals surface area contributed by atoms with Crippen molar-refractivity contribution in [3.8, 4) is 0 Å². The van der Waals surface area contributed by atoms with E-state index in [1.165, 1.54) is 0 Å². The minimum atomic E-state index is -0.336. The smallest absolute Gasteiger partial charge is 0.234 e. The molecule has 2 heterocycles. The van der Waals surface area contributed by atoms with Crippen molar-refractivity contribution in [1.82, 2.24) is 10.6 Å². The number of benzene rings is 1. The zero-order chi connectivity index (χ0) is 13.9. The average molecular weight is 293 g/mol. The SMILES string of the molecule is O=C1CSc2ccc(CN[C@H]3CCNC[C@@H]3O)cc2N1. The summed E-state index contributed by atoms with van der Waals surface area (Å²) < 4.78 is 0. The Kier molecular flexibility index (Phi) is 4.26. The number of carbonyl (C=O) groups is 1. The Morgan fingerprint density at radius 1 is 1.45 bits per heavy atom. The topological polar surface area (TPSA) is 73.4 Å². The molecule has 1 aromatic rings. The van der Waals surface area contributed by atoms with E-state index in [-0.39, 0.29) is 18.1 Å². The highest BCUT2D eigenvalue weighted by atomic mass is 32.2. The number of fused-ring (bicyclic) bond motifs is 1. The summed E-state index contributed by atoms with van der Waals surface area (Å²) in [6.45, 7) is 2.29. The quantitative estimate of drug-likeness (QED) is 0.655. The summed E-state index contributed by atoms with van der Waals surface area (Å²) in [5.74, 6) is 0.549. The lowest BCUT2D eigenvalue weighted by Gasteiger charge is -2.29. The molecule has 2 aliphatic rings. The van der Waals surface area contributed by atoms with E-state index in [9.17, 15) is 9.90 Å². The van der Waals surface area contributed by atoms with Gasteiger partial charge >= 0.3 is 0 Å². The lowest BCUT2D eigenvalue weighted by atomic mass is 10.0. The van der Waals surface area contributed by atoms with Gasteiger partial charge in [0.2, 0.25) is 5.91 Å². The number of rotatable bonds is 3. The van der Waals surface area contributed by atoms with Gasteiger partial charge in [0.25, 0.3) is 0 Å². The molecule has 3 rings (SSSR count). The number of amides is 1. The highest BCUT2D eigenvalue weighted by Gasteiger charge is 2.22. The predicted octanol–water partition coefficient (Wildman–Crippen LogP) is 0.543. The molecule has 2 aliphatic heterocycles. The minimum absolute atomic E-state index is 0.0568. The monoisotopic (exact) mass is 293 g/mol. The van der Waals surface area contributed by atoms with E-state index in [0.717, 1.165) is 29.1 Å². The van der Waals surface area contributed by atoms with Crippen LogP contribution in [0, 0.1) is 0 Å². The standard InChI is InChI=1S/C14H19N3O2S/c18-12-7-15-4-3-10(12)16-6-9-1-2-13-11(5-9)17-14(19)8-20-13/h1-2,5,10,12,15-16,18H,3-4,6-8H2,(H,17,19)/t10-,12-/m0/s1. The van der Waals surface area contributed by atoms with Crippen molar-refractivity contribution in [2.24, 2.45) is 0 Å². The highest BCUT2D eigenvalue weighted by molar-refractivity contribution is 8.00. The number of aliphatic hydroxyl groups is 1. The van der Waals surface area contributed by atoms with E-state index in [0.29, 0.717) is 18.8 Å². The first-order valence-corrected chi connectivity index (χ1v) is 7.89. The fourth-order valence-corrected chi connectivity index (χ4v) is 3.36. The predicted molar refractivity (Wildman–Crippen MR) is 79.9 cm³/mol. The van der Waals surface area contributed by atoms with Gasteiger partial charge in [-0.1, -0.05) is 6.07 Å². The van der Waals surface area contributed by atoms with Crippen LogP contribution >= 0.6 is 11.8 Å². The summed E-state index contributed by atoms with van der Waals surface area (Å²) in [5, 5.41) is 19.4. The molecule has 1 amide bonds. The van der Waals surface area contributed by atoms with E-state index in [4.69, 9.17) is 0 Å². The Morgan fingerprint density at radius 2 is 2.35 bits per heavy atom. The molecule has 0 spiro atoms. The van der Waals surface area contributed by atoms with Gasteiger partial charge in [-0.05, 0) is 30.7 Å². The Balaban J connectivity index is 1.63. The van der Waals surface area contributed by atoms with Crippen LogP contribution in [0.5, 0.6) is 0 Å². The molecule has 0 radical (unpaired) electrons. The Morgan fingerprint density at radius 3 is 3.20 bits per heavy atom. The third kappa shape index (κ3) is 3.15.